The molecule has 0 bridgehead atoms. The van der Waals surface area contributed by atoms with Crippen LogP contribution in [0, 0.1) is 0 Å². The average molecular weight is 215 g/mol. The first-order chi connectivity index (χ1) is 7.13. The molecular formula is C10H11F2NO2. The maximum Gasteiger partial charge on any atom is 0.315 e. The number of benzene rings is 1. The van der Waals surface area contributed by atoms with Crippen molar-refractivity contribution in [3.05, 3.63) is 35.4 Å². The number of carbonyl (C=O) groups is 1. The normalized spacial score (nSPS) is 10.4. The average Bonchev–Trinajstić information content (AvgIpc) is 2.26. The molecule has 0 radical (unpaired) electrons. The van der Waals surface area contributed by atoms with Crippen LogP contribution in [0.15, 0.2) is 24.3 Å². The first kappa shape index (κ1) is 11.6. The standard InChI is InChI=1S/C10H11F2NO2/c11-9(12)10(15)13-5-7-1-3-8(6-14)4-2-7/h1-4,9,14H,5-6H2,(H,13,15). The Morgan fingerprint density at radius 3 is 2.27 bits per heavy atom. The van der Waals surface area contributed by atoms with Gasteiger partial charge in [-0.25, -0.2) is 0 Å². The van der Waals surface area contributed by atoms with Gasteiger partial charge in [-0.1, -0.05) is 24.3 Å². The SMILES string of the molecule is O=C(NCc1ccc(CO)cc1)C(F)F. The van der Waals surface area contributed by atoms with Gasteiger partial charge in [-0.2, -0.15) is 8.78 Å². The lowest BCUT2D eigenvalue weighted by molar-refractivity contribution is -0.131. The summed E-state index contributed by atoms with van der Waals surface area (Å²) >= 11 is 0. The molecule has 0 spiro atoms. The smallest absolute Gasteiger partial charge is 0.315 e. The Labute approximate surface area is 85.7 Å². The highest BCUT2D eigenvalue weighted by Crippen LogP contribution is 2.04. The lowest BCUT2D eigenvalue weighted by Gasteiger charge is -2.04. The highest BCUT2D eigenvalue weighted by Gasteiger charge is 2.13. The van der Waals surface area contributed by atoms with Gasteiger partial charge < -0.3 is 10.4 Å². The highest BCUT2D eigenvalue weighted by molar-refractivity contribution is 5.78. The molecule has 0 saturated carbocycles. The summed E-state index contributed by atoms with van der Waals surface area (Å²) in [5.41, 5.74) is 1.44. The minimum Gasteiger partial charge on any atom is -0.392 e. The zero-order valence-electron chi connectivity index (χ0n) is 7.91. The summed E-state index contributed by atoms with van der Waals surface area (Å²) in [6.45, 7) is -0.00143. The lowest BCUT2D eigenvalue weighted by atomic mass is 10.1. The molecule has 0 unspecified atom stereocenters. The predicted octanol–water partition coefficient (Wildman–Crippen LogP) is 1.06. The van der Waals surface area contributed by atoms with E-state index in [9.17, 15) is 13.6 Å². The fraction of sp³-hybridized carbons (Fsp3) is 0.300. The third-order valence-electron chi connectivity index (χ3n) is 1.87. The van der Waals surface area contributed by atoms with Crippen molar-refractivity contribution in [2.24, 2.45) is 0 Å². The zero-order chi connectivity index (χ0) is 11.3. The number of amides is 1. The Hall–Kier alpha value is -1.49. The molecule has 5 heteroatoms. The van der Waals surface area contributed by atoms with Crippen LogP contribution in [0.5, 0.6) is 0 Å². The van der Waals surface area contributed by atoms with Crippen LogP contribution in [0.3, 0.4) is 0 Å². The molecule has 0 aliphatic rings. The van der Waals surface area contributed by atoms with Crippen molar-refractivity contribution in [2.75, 3.05) is 0 Å². The Bertz CT molecular complexity index is 325. The monoisotopic (exact) mass is 215 g/mol. The maximum atomic E-state index is 11.8. The molecule has 0 atom stereocenters. The minimum absolute atomic E-state index is 0.0644. The molecule has 0 aliphatic heterocycles. The summed E-state index contributed by atoms with van der Waals surface area (Å²) in [6, 6.07) is 6.67. The molecule has 3 nitrogen and oxygen atoms in total. The minimum atomic E-state index is -2.98. The van der Waals surface area contributed by atoms with E-state index in [0.29, 0.717) is 5.56 Å². The topological polar surface area (TPSA) is 49.3 Å². The van der Waals surface area contributed by atoms with Gasteiger partial charge in [0.1, 0.15) is 0 Å². The van der Waals surface area contributed by atoms with E-state index in [2.05, 4.69) is 5.32 Å². The first-order valence-electron chi connectivity index (χ1n) is 4.38. The number of halogens is 2. The Morgan fingerprint density at radius 1 is 1.27 bits per heavy atom. The molecule has 0 aliphatic carbocycles. The van der Waals surface area contributed by atoms with E-state index in [1.807, 2.05) is 0 Å². The van der Waals surface area contributed by atoms with Gasteiger partial charge in [-0.05, 0) is 11.1 Å². The molecule has 0 fully saturated rings. The fourth-order valence-corrected chi connectivity index (χ4v) is 1.03. The summed E-state index contributed by atoms with van der Waals surface area (Å²) in [7, 11) is 0. The number of hydrogen-bond acceptors (Lipinski definition) is 2. The van der Waals surface area contributed by atoms with Crippen molar-refractivity contribution in [2.45, 2.75) is 19.6 Å². The summed E-state index contributed by atoms with van der Waals surface area (Å²) in [4.78, 5) is 10.5. The van der Waals surface area contributed by atoms with E-state index in [1.54, 1.807) is 24.3 Å². The third kappa shape index (κ3) is 3.63. The van der Waals surface area contributed by atoms with Gasteiger partial charge in [-0.15, -0.1) is 0 Å². The van der Waals surface area contributed by atoms with Gasteiger partial charge in [0.25, 0.3) is 5.91 Å². The molecule has 0 saturated heterocycles. The molecular weight excluding hydrogens is 204 g/mol. The van der Waals surface area contributed by atoms with Gasteiger partial charge in [0.05, 0.1) is 6.61 Å². The van der Waals surface area contributed by atoms with Crippen molar-refractivity contribution in [3.8, 4) is 0 Å². The lowest BCUT2D eigenvalue weighted by Crippen LogP contribution is -2.28. The van der Waals surface area contributed by atoms with E-state index < -0.39 is 12.3 Å². The number of alkyl halides is 2. The van der Waals surface area contributed by atoms with Gasteiger partial charge in [0, 0.05) is 6.54 Å². The number of nitrogens with one attached hydrogen (secondary N) is 1. The summed E-state index contributed by atoms with van der Waals surface area (Å²) < 4.78 is 23.6. The van der Waals surface area contributed by atoms with Crippen molar-refractivity contribution >= 4 is 5.91 Å². The van der Waals surface area contributed by atoms with Crippen molar-refractivity contribution in [1.82, 2.24) is 5.32 Å². The van der Waals surface area contributed by atoms with Crippen LogP contribution in [0.4, 0.5) is 8.78 Å². The van der Waals surface area contributed by atoms with Crippen molar-refractivity contribution < 1.29 is 18.7 Å². The second-order valence-electron chi connectivity index (χ2n) is 2.99. The molecule has 1 amide bonds. The van der Waals surface area contributed by atoms with E-state index in [4.69, 9.17) is 5.11 Å². The first-order valence-corrected chi connectivity index (χ1v) is 4.38. The molecule has 2 N–H and O–H groups in total. The predicted molar refractivity (Wildman–Crippen MR) is 50.2 cm³/mol. The molecule has 1 aromatic carbocycles. The van der Waals surface area contributed by atoms with E-state index in [1.165, 1.54) is 0 Å². The Kier molecular flexibility index (Phi) is 4.17. The molecule has 1 rings (SSSR count). The molecule has 82 valence electrons. The van der Waals surface area contributed by atoms with Crippen molar-refractivity contribution in [1.29, 1.82) is 0 Å². The zero-order valence-corrected chi connectivity index (χ0v) is 7.91. The van der Waals surface area contributed by atoms with Gasteiger partial charge in [0.15, 0.2) is 0 Å². The number of aliphatic hydroxyl groups excluding tert-OH is 1. The molecule has 15 heavy (non-hydrogen) atoms. The highest BCUT2D eigenvalue weighted by atomic mass is 19.3. The van der Waals surface area contributed by atoms with Crippen molar-refractivity contribution in [3.63, 3.8) is 0 Å². The van der Waals surface area contributed by atoms with Crippen LogP contribution >= 0.6 is 0 Å². The van der Waals surface area contributed by atoms with Crippen LogP contribution in [0.2, 0.25) is 0 Å². The van der Waals surface area contributed by atoms with Crippen LogP contribution in [-0.2, 0) is 17.9 Å². The molecule has 0 aromatic heterocycles. The van der Waals surface area contributed by atoms with E-state index in [0.717, 1.165) is 5.56 Å². The van der Waals surface area contributed by atoms with E-state index >= 15 is 0 Å². The second kappa shape index (κ2) is 5.41. The summed E-state index contributed by atoms with van der Waals surface area (Å²) in [6.07, 6.45) is -2.98. The Morgan fingerprint density at radius 2 is 1.80 bits per heavy atom. The summed E-state index contributed by atoms with van der Waals surface area (Å²) in [5.74, 6) is -1.28. The number of aliphatic hydroxyl groups is 1. The van der Waals surface area contributed by atoms with Crippen LogP contribution in [-0.4, -0.2) is 17.4 Å². The summed E-state index contributed by atoms with van der Waals surface area (Å²) in [5, 5.41) is 10.8. The number of rotatable bonds is 4. The van der Waals surface area contributed by atoms with Gasteiger partial charge in [0.2, 0.25) is 0 Å². The van der Waals surface area contributed by atoms with Crippen LogP contribution in [0.1, 0.15) is 11.1 Å². The largest absolute Gasteiger partial charge is 0.392 e. The Balaban J connectivity index is 2.47. The third-order valence-corrected chi connectivity index (χ3v) is 1.87. The quantitative estimate of drug-likeness (QED) is 0.789. The molecule has 0 heterocycles. The van der Waals surface area contributed by atoms with E-state index in [-0.39, 0.29) is 13.2 Å². The number of hydrogen-bond donors (Lipinski definition) is 2. The second-order valence-corrected chi connectivity index (χ2v) is 2.99. The number of carbonyl (C=O) groups excluding carboxylic acids is 1. The van der Waals surface area contributed by atoms with Crippen LogP contribution in [0.25, 0.3) is 0 Å². The maximum absolute atomic E-state index is 11.8. The molecule has 1 aromatic rings. The van der Waals surface area contributed by atoms with Gasteiger partial charge >= 0.3 is 6.43 Å². The van der Waals surface area contributed by atoms with Gasteiger partial charge in [-0.3, -0.25) is 4.79 Å². The van der Waals surface area contributed by atoms with Crippen LogP contribution < -0.4 is 5.32 Å². The fourth-order valence-electron chi connectivity index (χ4n) is 1.03.